The van der Waals surface area contributed by atoms with Crippen LogP contribution in [0.15, 0.2) is 48.5 Å². The number of carboxylic acid groups (broad SMARTS) is 1. The summed E-state index contributed by atoms with van der Waals surface area (Å²) in [6, 6.07) is 12.2. The van der Waals surface area contributed by atoms with Crippen LogP contribution in [-0.2, 0) is 11.2 Å². The molecule has 2 N–H and O–H groups in total. The lowest BCUT2D eigenvalue weighted by atomic mass is 10.1. The Hall–Kier alpha value is -2.46. The number of aliphatic carboxylic acids is 1. The lowest BCUT2D eigenvalue weighted by Crippen LogP contribution is -2.38. The number of hydrogen-bond acceptors (Lipinski definition) is 5. The number of aryl methyl sites for hydroxylation is 1. The molecule has 3 aromatic rings. The van der Waals surface area contributed by atoms with Crippen LogP contribution in [0.25, 0.3) is 10.4 Å². The van der Waals surface area contributed by atoms with Crippen molar-refractivity contribution >= 4 is 40.5 Å². The predicted octanol–water partition coefficient (Wildman–Crippen LogP) is 7.53. The second-order valence-corrected chi connectivity index (χ2v) is 9.97. The number of halogens is 5. The number of alkyl halides is 3. The van der Waals surface area contributed by atoms with Gasteiger partial charge in [-0.1, -0.05) is 29.3 Å². The number of ether oxygens (including phenoxy) is 2. The second-order valence-electron chi connectivity index (χ2n) is 8.10. The number of thiophene rings is 1. The first-order valence-corrected chi connectivity index (χ1v) is 11.9. The van der Waals surface area contributed by atoms with Gasteiger partial charge in [0.25, 0.3) is 0 Å². The normalized spacial score (nSPS) is 12.9. The van der Waals surface area contributed by atoms with Gasteiger partial charge in [0.1, 0.15) is 16.5 Å². The molecule has 0 saturated heterocycles. The van der Waals surface area contributed by atoms with Crippen LogP contribution in [0.5, 0.6) is 11.5 Å². The van der Waals surface area contributed by atoms with Crippen LogP contribution in [0.2, 0.25) is 10.0 Å². The summed E-state index contributed by atoms with van der Waals surface area (Å²) < 4.78 is 46.3. The van der Waals surface area contributed by atoms with Crippen LogP contribution in [0, 0.1) is 0 Å². The molecule has 2 aromatic carbocycles. The van der Waals surface area contributed by atoms with Gasteiger partial charge < -0.3 is 19.7 Å². The van der Waals surface area contributed by atoms with Gasteiger partial charge in [-0.15, -0.1) is 24.5 Å². The number of aliphatic hydroxyl groups excluding tert-OH is 1. The highest BCUT2D eigenvalue weighted by atomic mass is 35.5. The maximum absolute atomic E-state index is 12.3. The van der Waals surface area contributed by atoms with Crippen LogP contribution >= 0.6 is 34.5 Å². The summed E-state index contributed by atoms with van der Waals surface area (Å²) in [5, 5.41) is 20.2. The van der Waals surface area contributed by atoms with Crippen molar-refractivity contribution in [2.75, 3.05) is 0 Å². The fourth-order valence-electron chi connectivity index (χ4n) is 3.10. The Morgan fingerprint density at radius 1 is 1.00 bits per heavy atom. The molecule has 0 bridgehead atoms. The van der Waals surface area contributed by atoms with E-state index in [1.54, 1.807) is 18.2 Å². The van der Waals surface area contributed by atoms with Gasteiger partial charge in [-0.3, -0.25) is 0 Å². The summed E-state index contributed by atoms with van der Waals surface area (Å²) in [7, 11) is 0. The number of benzene rings is 2. The zero-order valence-electron chi connectivity index (χ0n) is 18.5. The molecule has 0 aliphatic carbocycles. The van der Waals surface area contributed by atoms with Gasteiger partial charge in [0.05, 0.1) is 11.1 Å². The number of carboxylic acids is 1. The molecule has 1 atom stereocenters. The first-order valence-electron chi connectivity index (χ1n) is 10.3. The monoisotopic (exact) mass is 548 g/mol. The molecule has 1 heterocycles. The molecule has 1 aromatic heterocycles. The lowest BCUT2D eigenvalue weighted by Gasteiger charge is -2.23. The molecule has 5 nitrogen and oxygen atoms in total. The highest BCUT2D eigenvalue weighted by Crippen LogP contribution is 2.39. The van der Waals surface area contributed by atoms with Crippen LogP contribution < -0.4 is 9.47 Å². The van der Waals surface area contributed by atoms with Gasteiger partial charge in [-0.2, -0.15) is 0 Å². The highest BCUT2D eigenvalue weighted by molar-refractivity contribution is 7.15. The third-order valence-corrected chi connectivity index (χ3v) is 7.16. The molecule has 1 unspecified atom stereocenters. The Labute approximate surface area is 213 Å². The minimum atomic E-state index is -4.75. The summed E-state index contributed by atoms with van der Waals surface area (Å²) in [4.78, 5) is 12.7. The third-order valence-electron chi connectivity index (χ3n) is 5.02. The fraction of sp³-hybridized carbons (Fsp3) is 0.292. The second kappa shape index (κ2) is 10.7. The topological polar surface area (TPSA) is 76.0 Å². The van der Waals surface area contributed by atoms with Crippen molar-refractivity contribution < 1.29 is 37.7 Å². The Morgan fingerprint density at radius 2 is 1.66 bits per heavy atom. The van der Waals surface area contributed by atoms with Gasteiger partial charge in [0.15, 0.2) is 5.60 Å². The highest BCUT2D eigenvalue weighted by Gasteiger charge is 2.31. The molecule has 0 radical (unpaired) electrons. The summed E-state index contributed by atoms with van der Waals surface area (Å²) >= 11 is 14.0. The third kappa shape index (κ3) is 7.04. The molecule has 0 amide bonds. The number of carbonyl (C=O) groups is 1. The van der Waals surface area contributed by atoms with Gasteiger partial charge in [-0.05, 0) is 80.3 Å². The Balaban J connectivity index is 1.65. The van der Waals surface area contributed by atoms with E-state index in [9.17, 15) is 28.2 Å². The van der Waals surface area contributed by atoms with E-state index in [0.717, 1.165) is 4.88 Å². The van der Waals surface area contributed by atoms with E-state index >= 15 is 0 Å². The molecular weight excluding hydrogens is 528 g/mol. The molecule has 0 spiro atoms. The van der Waals surface area contributed by atoms with E-state index in [4.69, 9.17) is 27.9 Å². The van der Waals surface area contributed by atoms with Crippen molar-refractivity contribution in [2.24, 2.45) is 0 Å². The zero-order valence-corrected chi connectivity index (χ0v) is 20.9. The largest absolute Gasteiger partial charge is 0.573 e. The van der Waals surface area contributed by atoms with E-state index in [2.05, 4.69) is 4.74 Å². The van der Waals surface area contributed by atoms with Crippen LogP contribution in [0.4, 0.5) is 13.2 Å². The first-order chi connectivity index (χ1) is 16.3. The predicted molar refractivity (Wildman–Crippen MR) is 129 cm³/mol. The first kappa shape index (κ1) is 27.1. The molecule has 0 aliphatic rings. The fourth-order valence-corrected chi connectivity index (χ4v) is 4.61. The molecule has 3 rings (SSSR count). The Bertz CT molecular complexity index is 1190. The quantitative estimate of drug-likeness (QED) is 0.289. The van der Waals surface area contributed by atoms with Crippen molar-refractivity contribution in [3.05, 3.63) is 69.0 Å². The molecule has 0 aliphatic heterocycles. The van der Waals surface area contributed by atoms with E-state index in [1.165, 1.54) is 55.5 Å². The van der Waals surface area contributed by atoms with Crippen molar-refractivity contribution in [2.45, 2.75) is 44.8 Å². The van der Waals surface area contributed by atoms with Crippen molar-refractivity contribution in [1.82, 2.24) is 0 Å². The van der Waals surface area contributed by atoms with E-state index in [1.807, 2.05) is 0 Å². The maximum atomic E-state index is 12.3. The number of rotatable bonds is 9. The Kier molecular flexibility index (Phi) is 8.26. The van der Waals surface area contributed by atoms with E-state index in [0.29, 0.717) is 28.8 Å². The lowest BCUT2D eigenvalue weighted by molar-refractivity contribution is -0.274. The zero-order chi connectivity index (χ0) is 26.0. The van der Waals surface area contributed by atoms with Gasteiger partial charge in [-0.25, -0.2) is 4.79 Å². The van der Waals surface area contributed by atoms with E-state index < -0.39 is 24.0 Å². The standard InChI is InChI=1S/C24H21Cl2F3O5S/c1-23(2,22(31)32)34-17-10-6-14(20(25)21(17)26)5-9-16(30)19-12-11-18(35-19)13-3-7-15(8-4-13)33-24(27,28)29/h3-4,6-8,10-12,16,30H,5,9H2,1-2H3,(H,31,32). The molecule has 35 heavy (non-hydrogen) atoms. The minimum Gasteiger partial charge on any atom is -0.478 e. The van der Waals surface area contributed by atoms with Crippen LogP contribution in [0.1, 0.15) is 36.8 Å². The maximum Gasteiger partial charge on any atom is 0.573 e. The van der Waals surface area contributed by atoms with Crippen molar-refractivity contribution in [3.8, 4) is 21.9 Å². The molecular formula is C24H21Cl2F3O5S. The van der Waals surface area contributed by atoms with Gasteiger partial charge in [0.2, 0.25) is 0 Å². The molecule has 0 fully saturated rings. The molecule has 11 heteroatoms. The van der Waals surface area contributed by atoms with Gasteiger partial charge >= 0.3 is 12.3 Å². The average Bonchev–Trinajstić information content (AvgIpc) is 3.26. The van der Waals surface area contributed by atoms with Crippen LogP contribution in [-0.4, -0.2) is 28.1 Å². The molecule has 188 valence electrons. The Morgan fingerprint density at radius 3 is 2.26 bits per heavy atom. The smallest absolute Gasteiger partial charge is 0.478 e. The minimum absolute atomic E-state index is 0.0874. The SMILES string of the molecule is CC(C)(Oc1ccc(CCC(O)c2ccc(-c3ccc(OC(F)(F)F)cc3)s2)c(Cl)c1Cl)C(=O)O. The molecule has 0 saturated carbocycles. The van der Waals surface area contributed by atoms with Crippen LogP contribution in [0.3, 0.4) is 0 Å². The van der Waals surface area contributed by atoms with Gasteiger partial charge in [0, 0.05) is 9.75 Å². The number of hydrogen-bond donors (Lipinski definition) is 2. The average molecular weight is 549 g/mol. The summed E-state index contributed by atoms with van der Waals surface area (Å²) in [6.07, 6.45) is -4.84. The summed E-state index contributed by atoms with van der Waals surface area (Å²) in [6.45, 7) is 2.79. The number of aliphatic hydroxyl groups is 1. The van der Waals surface area contributed by atoms with E-state index in [-0.39, 0.29) is 21.5 Å². The summed E-state index contributed by atoms with van der Waals surface area (Å²) in [5.41, 5.74) is -0.140. The van der Waals surface area contributed by atoms with Crippen molar-refractivity contribution in [1.29, 1.82) is 0 Å². The summed E-state index contributed by atoms with van der Waals surface area (Å²) in [5.74, 6) is -1.32. The van der Waals surface area contributed by atoms with Crippen molar-refractivity contribution in [3.63, 3.8) is 0 Å².